The third kappa shape index (κ3) is 9.99. The van der Waals surface area contributed by atoms with Crippen LogP contribution >= 0.6 is 0 Å². The fourth-order valence-electron chi connectivity index (χ4n) is 5.40. The topological polar surface area (TPSA) is 172 Å². The Kier molecular flexibility index (Phi) is 17.1. The van der Waals surface area contributed by atoms with Gasteiger partial charge in [-0.1, -0.05) is 82.9 Å². The summed E-state index contributed by atoms with van der Waals surface area (Å²) in [5.41, 5.74) is 0. The van der Waals surface area contributed by atoms with Crippen molar-refractivity contribution in [3.63, 3.8) is 0 Å². The first-order valence-corrected chi connectivity index (χ1v) is 17.9. The van der Waals surface area contributed by atoms with Gasteiger partial charge in [0, 0.05) is 38.4 Å². The fraction of sp³-hybridized carbons (Fsp3) is 0.429. The van der Waals surface area contributed by atoms with Crippen LogP contribution in [0.25, 0.3) is 32.3 Å². The van der Waals surface area contributed by atoms with Crippen LogP contribution in [0.15, 0.2) is 51.1 Å². The van der Waals surface area contributed by atoms with Crippen molar-refractivity contribution in [1.29, 1.82) is 0 Å². The summed E-state index contributed by atoms with van der Waals surface area (Å²) >= 11 is 0. The molecule has 0 atom stereocenters. The number of unbranched alkanes of at least 4 members (excludes halogenated alkanes) is 9. The van der Waals surface area contributed by atoms with Gasteiger partial charge in [0.25, 0.3) is 30.4 Å². The maximum absolute atomic E-state index is 12.4. The Morgan fingerprint density at radius 1 is 0.523 bits per heavy atom. The van der Waals surface area contributed by atoms with E-state index in [1.807, 2.05) is 0 Å². The van der Waals surface area contributed by atoms with Crippen LogP contribution in [0.3, 0.4) is 0 Å². The number of hydrogen-bond acceptors (Lipinski definition) is 7. The zero-order valence-corrected chi connectivity index (χ0v) is 25.1. The Bertz CT molecular complexity index is 1840. The van der Waals surface area contributed by atoms with E-state index < -0.39 is 45.0 Å². The summed E-state index contributed by atoms with van der Waals surface area (Å²) in [6.07, 6.45) is 11.1. The molecule has 0 saturated heterocycles. The first kappa shape index (κ1) is 42.5. The summed E-state index contributed by atoms with van der Waals surface area (Å²) in [7, 11) is -14.7. The van der Waals surface area contributed by atoms with Gasteiger partial charge in [-0.2, -0.15) is 25.3 Å². The van der Waals surface area contributed by atoms with Gasteiger partial charge in [0.1, 0.15) is 20.4 Å². The Morgan fingerprint density at radius 3 is 1.27 bits per heavy atom. The third-order valence-electron chi connectivity index (χ3n) is 7.34. The quantitative estimate of drug-likeness (QED) is 0.0685. The summed E-state index contributed by atoms with van der Waals surface area (Å²) in [6, 6.07) is 7.13. The Labute approximate surface area is 325 Å². The van der Waals surface area contributed by atoms with Crippen LogP contribution < -0.4 is 4.74 Å². The van der Waals surface area contributed by atoms with Crippen LogP contribution in [0.2, 0.25) is 0 Å². The zero-order valence-electron chi connectivity index (χ0n) is 22.7. The fourth-order valence-corrected chi connectivity index (χ4v) is 7.61. The summed E-state index contributed by atoms with van der Waals surface area (Å²) in [6.45, 7) is 2.44. The van der Waals surface area contributed by atoms with Crippen LogP contribution in [0.5, 0.6) is 5.75 Å². The van der Waals surface area contributed by atoms with E-state index in [0.717, 1.165) is 19.3 Å². The molecule has 0 radical (unpaired) electrons. The molecule has 0 aliphatic heterocycles. The monoisotopic (exact) mass is 698 g/mol. The molecule has 0 aromatic heterocycles. The SMILES string of the molecule is CCCCCCCCCCCCOc1cc(S(=O)(=O)O)c2ccc3c(S(=O)(=O)O)cc(S(=O)(=O)O)c4ccc1c2c43.[NaH].[NaH].[NaH]. The van der Waals surface area contributed by atoms with Crippen LogP contribution in [0.4, 0.5) is 0 Å². The van der Waals surface area contributed by atoms with E-state index in [-0.39, 0.29) is 128 Å². The number of ether oxygens (including phenoxy) is 1. The zero-order chi connectivity index (χ0) is 30.0. The second-order valence-corrected chi connectivity index (χ2v) is 14.4. The average molecular weight is 699 g/mol. The van der Waals surface area contributed by atoms with Crippen molar-refractivity contribution >= 4 is 151 Å². The molecular weight excluding hydrogens is 661 g/mol. The number of benzene rings is 4. The van der Waals surface area contributed by atoms with Gasteiger partial charge < -0.3 is 4.74 Å². The molecule has 0 aliphatic rings. The van der Waals surface area contributed by atoms with E-state index in [1.165, 1.54) is 68.9 Å². The van der Waals surface area contributed by atoms with E-state index in [2.05, 4.69) is 6.92 Å². The summed E-state index contributed by atoms with van der Waals surface area (Å²) < 4.78 is 109. The van der Waals surface area contributed by atoms with E-state index >= 15 is 0 Å². The Hall–Kier alpha value is 0.450. The van der Waals surface area contributed by atoms with Gasteiger partial charge in [-0.15, -0.1) is 0 Å². The molecule has 0 fully saturated rings. The molecule has 0 heterocycles. The van der Waals surface area contributed by atoms with E-state index in [9.17, 15) is 38.9 Å². The van der Waals surface area contributed by atoms with Crippen LogP contribution in [0, 0.1) is 0 Å². The molecule has 0 aliphatic carbocycles. The second-order valence-electron chi connectivity index (χ2n) is 10.3. The van der Waals surface area contributed by atoms with Crippen molar-refractivity contribution in [1.82, 2.24) is 0 Å². The first-order valence-electron chi connectivity index (χ1n) is 13.6. The molecule has 0 amide bonds. The van der Waals surface area contributed by atoms with Gasteiger partial charge in [-0.25, -0.2) is 0 Å². The van der Waals surface area contributed by atoms with E-state index in [1.54, 1.807) is 0 Å². The van der Waals surface area contributed by atoms with Crippen molar-refractivity contribution in [2.45, 2.75) is 85.8 Å². The summed E-state index contributed by atoms with van der Waals surface area (Å²) in [5, 5.41) is 0.204. The molecule has 0 saturated carbocycles. The molecule has 16 heteroatoms. The van der Waals surface area contributed by atoms with Crippen LogP contribution in [-0.2, 0) is 30.4 Å². The molecule has 0 unspecified atom stereocenters. The minimum absolute atomic E-state index is 0. The standard InChI is InChI=1S/C28H34O10S3.3Na.3H/c1-2-3-4-5-6-7-8-9-10-11-16-38-23-17-24(39(29,30)31)20-14-15-22-26(41(35,36)37)18-25(40(32,33)34)21-13-12-19(23)27(20)28(21)22;;;;;;/h12-15,17-18H,2-11,16H2,1H3,(H,29,30,31)(H,32,33,34)(H,35,36,37);;;;;;. The molecule has 44 heavy (non-hydrogen) atoms. The van der Waals surface area contributed by atoms with Gasteiger partial charge in [-0.05, 0) is 18.6 Å². The molecule has 10 nitrogen and oxygen atoms in total. The molecule has 4 aromatic rings. The predicted octanol–water partition coefficient (Wildman–Crippen LogP) is 4.68. The van der Waals surface area contributed by atoms with Crippen molar-refractivity contribution in [2.75, 3.05) is 6.61 Å². The Morgan fingerprint density at radius 2 is 0.864 bits per heavy atom. The van der Waals surface area contributed by atoms with Crippen molar-refractivity contribution in [3.05, 3.63) is 36.4 Å². The van der Waals surface area contributed by atoms with Gasteiger partial charge in [0.15, 0.2) is 0 Å². The van der Waals surface area contributed by atoms with Crippen LogP contribution in [0.1, 0.15) is 71.1 Å². The van der Waals surface area contributed by atoms with Gasteiger partial charge in [0.2, 0.25) is 0 Å². The maximum atomic E-state index is 12.4. The summed E-state index contributed by atoms with van der Waals surface area (Å²) in [4.78, 5) is -2.07. The van der Waals surface area contributed by atoms with Crippen molar-refractivity contribution < 1.29 is 43.6 Å². The van der Waals surface area contributed by atoms with Crippen LogP contribution in [-0.4, -0.2) is 134 Å². The number of rotatable bonds is 15. The molecule has 4 aromatic carbocycles. The van der Waals surface area contributed by atoms with Gasteiger partial charge in [-0.3, -0.25) is 13.7 Å². The van der Waals surface area contributed by atoms with E-state index in [4.69, 9.17) is 4.74 Å². The molecule has 0 bridgehead atoms. The molecule has 230 valence electrons. The average Bonchev–Trinajstić information content (AvgIpc) is 2.88. The summed E-state index contributed by atoms with van der Waals surface area (Å²) in [5.74, 6) is 0.0983. The number of hydrogen-bond donors (Lipinski definition) is 3. The van der Waals surface area contributed by atoms with Gasteiger partial charge >= 0.3 is 88.7 Å². The second kappa shape index (κ2) is 17.7. The third-order valence-corrected chi connectivity index (χ3v) is 10.0. The molecule has 3 N–H and O–H groups in total. The molecular formula is C28H37Na3O10S3. The normalized spacial score (nSPS) is 12.2. The van der Waals surface area contributed by atoms with E-state index in [0.29, 0.717) is 17.9 Å². The Balaban J connectivity index is 0.00000323. The van der Waals surface area contributed by atoms with Crippen molar-refractivity contribution in [2.24, 2.45) is 0 Å². The van der Waals surface area contributed by atoms with Crippen molar-refractivity contribution in [3.8, 4) is 5.75 Å². The molecule has 0 spiro atoms. The predicted molar refractivity (Wildman–Crippen MR) is 178 cm³/mol. The first-order chi connectivity index (χ1) is 19.2. The van der Waals surface area contributed by atoms with Gasteiger partial charge in [0.05, 0.1) is 6.61 Å². The molecule has 4 rings (SSSR count). The minimum atomic E-state index is -4.97.